The molecule has 2 heterocycles. The Morgan fingerprint density at radius 3 is 2.46 bits per heavy atom. The minimum absolute atomic E-state index is 0.00592. The van der Waals surface area contributed by atoms with Gasteiger partial charge in [-0.25, -0.2) is 8.78 Å². The molecule has 2 atom stereocenters. The van der Waals surface area contributed by atoms with Crippen LogP contribution >= 0.6 is 23.2 Å². The van der Waals surface area contributed by atoms with Gasteiger partial charge in [0.25, 0.3) is 5.91 Å². The van der Waals surface area contributed by atoms with Crippen molar-refractivity contribution < 1.29 is 27.5 Å². The first-order chi connectivity index (χ1) is 22.1. The molecular weight excluding hydrogens is 638 g/mol. The Hall–Kier alpha value is -3.53. The van der Waals surface area contributed by atoms with Crippen LogP contribution in [0.2, 0.25) is 10.0 Å². The summed E-state index contributed by atoms with van der Waals surface area (Å²) in [7, 11) is 0. The third kappa shape index (κ3) is 6.92. The van der Waals surface area contributed by atoms with E-state index in [9.17, 15) is 22.8 Å². The molecule has 0 spiro atoms. The van der Waals surface area contributed by atoms with Crippen molar-refractivity contribution in [2.45, 2.75) is 63.7 Å². The molecule has 2 bridgehead atoms. The molecule has 2 fully saturated rings. The van der Waals surface area contributed by atoms with Crippen molar-refractivity contribution >= 4 is 40.6 Å². The molecule has 3 aromatic rings. The predicted octanol–water partition coefficient (Wildman–Crippen LogP) is 6.96. The molecule has 6 nitrogen and oxygen atoms in total. The zero-order chi connectivity index (χ0) is 32.5. The first-order valence-electron chi connectivity index (χ1n) is 15.4. The summed E-state index contributed by atoms with van der Waals surface area (Å²) >= 11 is 12.8. The number of amides is 2. The molecule has 1 saturated heterocycles. The van der Waals surface area contributed by atoms with Gasteiger partial charge < -0.3 is 19.9 Å². The van der Waals surface area contributed by atoms with E-state index in [-0.39, 0.29) is 36.5 Å². The van der Waals surface area contributed by atoms with Crippen LogP contribution in [0.1, 0.15) is 49.3 Å². The van der Waals surface area contributed by atoms with Crippen molar-refractivity contribution in [3.63, 3.8) is 0 Å². The van der Waals surface area contributed by atoms with Crippen molar-refractivity contribution in [3.8, 4) is 5.75 Å². The molecule has 0 radical (unpaired) electrons. The number of hydrogen-bond donors (Lipinski definition) is 1. The molecule has 3 aliphatic rings. The Morgan fingerprint density at radius 2 is 1.74 bits per heavy atom. The maximum absolute atomic E-state index is 14.5. The Balaban J connectivity index is 1.24. The maximum atomic E-state index is 14.5. The zero-order valence-electron chi connectivity index (χ0n) is 25.3. The molecule has 3 aromatic carbocycles. The summed E-state index contributed by atoms with van der Waals surface area (Å²) < 4.78 is 46.5. The first-order valence-corrected chi connectivity index (χ1v) is 16.2. The maximum Gasteiger partial charge on any atom is 0.252 e. The van der Waals surface area contributed by atoms with Crippen molar-refractivity contribution in [3.05, 3.63) is 104 Å². The fourth-order valence-electron chi connectivity index (χ4n) is 6.35. The minimum Gasteiger partial charge on any atom is -0.488 e. The van der Waals surface area contributed by atoms with Crippen molar-refractivity contribution in [1.29, 1.82) is 0 Å². The minimum atomic E-state index is -1.34. The lowest BCUT2D eigenvalue weighted by molar-refractivity contribution is -0.132. The highest BCUT2D eigenvalue weighted by Gasteiger charge is 2.43. The van der Waals surface area contributed by atoms with Crippen LogP contribution in [0, 0.1) is 17.5 Å². The topological polar surface area (TPSA) is 61.9 Å². The summed E-state index contributed by atoms with van der Waals surface area (Å²) in [6.07, 6.45) is 3.42. The van der Waals surface area contributed by atoms with E-state index < -0.39 is 23.2 Å². The third-order valence-electron chi connectivity index (χ3n) is 8.86. The van der Waals surface area contributed by atoms with E-state index in [0.717, 1.165) is 47.2 Å². The smallest absolute Gasteiger partial charge is 0.252 e. The number of carbonyl (C=O) groups excluding carboxylic acids is 2. The second-order valence-electron chi connectivity index (χ2n) is 12.1. The number of fused-ring (bicyclic) bond motifs is 2. The van der Waals surface area contributed by atoms with E-state index in [4.69, 9.17) is 27.9 Å². The van der Waals surface area contributed by atoms with E-state index in [0.29, 0.717) is 54.5 Å². The van der Waals surface area contributed by atoms with Gasteiger partial charge in [0.1, 0.15) is 0 Å². The van der Waals surface area contributed by atoms with Crippen LogP contribution in [0.5, 0.6) is 5.75 Å². The largest absolute Gasteiger partial charge is 0.488 e. The van der Waals surface area contributed by atoms with Crippen LogP contribution in [-0.4, -0.2) is 59.4 Å². The number of carbonyl (C=O) groups is 2. The van der Waals surface area contributed by atoms with Gasteiger partial charge in [-0.05, 0) is 72.6 Å². The summed E-state index contributed by atoms with van der Waals surface area (Å²) in [4.78, 5) is 30.6. The lowest BCUT2D eigenvalue weighted by Crippen LogP contribution is -2.61. The second-order valence-corrected chi connectivity index (χ2v) is 12.9. The van der Waals surface area contributed by atoms with Crippen molar-refractivity contribution in [1.82, 2.24) is 15.1 Å². The summed E-state index contributed by atoms with van der Waals surface area (Å²) in [6.45, 7) is 2.86. The Labute approximate surface area is 276 Å². The third-order valence-corrected chi connectivity index (χ3v) is 9.72. The molecule has 1 unspecified atom stereocenters. The van der Waals surface area contributed by atoms with Gasteiger partial charge >= 0.3 is 0 Å². The number of hydrogen-bond acceptors (Lipinski definition) is 4. The SMILES string of the molecule is CC(=O)N1CC2CC(c3ccc(CCCOc4c(F)ccc(F)c4F)cc3)=C(C(=O)N(Cc3cccc(Cl)c3Cl)C3CC3)[C@@H](C1)N2. The van der Waals surface area contributed by atoms with Gasteiger partial charge in [0.2, 0.25) is 11.7 Å². The van der Waals surface area contributed by atoms with E-state index in [1.807, 2.05) is 41.3 Å². The number of rotatable bonds is 10. The fraction of sp³-hybridized carbons (Fsp3) is 0.371. The summed E-state index contributed by atoms with van der Waals surface area (Å²) in [5.41, 5.74) is 4.30. The van der Waals surface area contributed by atoms with E-state index in [1.54, 1.807) is 17.9 Å². The van der Waals surface area contributed by atoms with Crippen LogP contribution < -0.4 is 10.1 Å². The molecule has 1 aliphatic carbocycles. The summed E-state index contributed by atoms with van der Waals surface area (Å²) in [6, 6.07) is 14.7. The summed E-state index contributed by atoms with van der Waals surface area (Å²) in [5.74, 6) is -4.26. The molecule has 242 valence electrons. The number of benzene rings is 3. The molecule has 6 rings (SSSR count). The lowest BCUT2D eigenvalue weighted by Gasteiger charge is -2.44. The highest BCUT2D eigenvalue weighted by molar-refractivity contribution is 6.42. The van der Waals surface area contributed by atoms with Crippen LogP contribution in [0.15, 0.2) is 60.2 Å². The van der Waals surface area contributed by atoms with Gasteiger partial charge in [-0.3, -0.25) is 9.59 Å². The van der Waals surface area contributed by atoms with Crippen LogP contribution in [0.4, 0.5) is 13.2 Å². The molecule has 2 amide bonds. The monoisotopic (exact) mass is 671 g/mol. The number of halogens is 5. The van der Waals surface area contributed by atoms with Gasteiger partial charge in [-0.1, -0.05) is 59.6 Å². The number of nitrogens with one attached hydrogen (secondary N) is 1. The number of ether oxygens (including phenoxy) is 1. The molecule has 0 aromatic heterocycles. The average molecular weight is 673 g/mol. The Kier molecular flexibility index (Phi) is 9.64. The fourth-order valence-corrected chi connectivity index (χ4v) is 6.73. The zero-order valence-corrected chi connectivity index (χ0v) is 26.8. The molecule has 1 N–H and O–H groups in total. The van der Waals surface area contributed by atoms with E-state index >= 15 is 0 Å². The van der Waals surface area contributed by atoms with Gasteiger partial charge in [-0.2, -0.15) is 4.39 Å². The van der Waals surface area contributed by atoms with E-state index in [1.165, 1.54) is 0 Å². The quantitative estimate of drug-likeness (QED) is 0.187. The molecule has 1 saturated carbocycles. The standard InChI is InChI=1S/C35H34Cl2F3N3O3/c1-20(44)42-18-24-16-26(22-9-7-21(8-10-22)4-3-15-46-34-29(39)14-13-28(38)33(34)40)31(30(19-42)41-24)35(45)43(25-11-12-25)17-23-5-2-6-27(36)32(23)37/h2,5-10,13-14,24-25,30,41H,3-4,11-12,15-19H2,1H3/t24?,30-/m1/s1. The molecule has 46 heavy (non-hydrogen) atoms. The van der Waals surface area contributed by atoms with Crippen molar-refractivity contribution in [2.75, 3.05) is 19.7 Å². The molecule has 11 heteroatoms. The lowest BCUT2D eigenvalue weighted by atomic mass is 9.82. The predicted molar refractivity (Wildman–Crippen MR) is 171 cm³/mol. The van der Waals surface area contributed by atoms with E-state index in [2.05, 4.69) is 5.32 Å². The Morgan fingerprint density at radius 1 is 1.00 bits per heavy atom. The number of aryl methyl sites for hydroxylation is 1. The second kappa shape index (κ2) is 13.7. The van der Waals surface area contributed by atoms with Gasteiger partial charge in [0, 0.05) is 44.2 Å². The van der Waals surface area contributed by atoms with Crippen LogP contribution in [0.25, 0.3) is 5.57 Å². The molecule has 2 aliphatic heterocycles. The first kappa shape index (κ1) is 32.4. The Bertz CT molecular complexity index is 1680. The normalized spacial score (nSPS) is 19.3. The van der Waals surface area contributed by atoms with Crippen molar-refractivity contribution in [2.24, 2.45) is 0 Å². The van der Waals surface area contributed by atoms with Crippen LogP contribution in [-0.2, 0) is 22.6 Å². The highest BCUT2D eigenvalue weighted by atomic mass is 35.5. The highest BCUT2D eigenvalue weighted by Crippen LogP contribution is 2.38. The van der Waals surface area contributed by atoms with Crippen LogP contribution in [0.3, 0.4) is 0 Å². The van der Waals surface area contributed by atoms with Gasteiger partial charge in [-0.15, -0.1) is 0 Å². The average Bonchev–Trinajstić information content (AvgIpc) is 3.88. The number of nitrogens with zero attached hydrogens (tertiary/aromatic N) is 2. The summed E-state index contributed by atoms with van der Waals surface area (Å²) in [5, 5.41) is 4.48. The van der Waals surface area contributed by atoms with Gasteiger partial charge in [0.05, 0.1) is 22.7 Å². The van der Waals surface area contributed by atoms with Gasteiger partial charge in [0.15, 0.2) is 17.4 Å². The number of piperazine rings is 1. The molecular formula is C35H34Cl2F3N3O3.